The predicted octanol–water partition coefficient (Wildman–Crippen LogP) is 1.22. The zero-order valence-electron chi connectivity index (χ0n) is 8.94. The lowest BCUT2D eigenvalue weighted by molar-refractivity contribution is -0.123. The van der Waals surface area contributed by atoms with Crippen LogP contribution in [0.2, 0.25) is 5.02 Å². The number of carbonyl (C=O) groups is 1. The highest BCUT2D eigenvalue weighted by Gasteiger charge is 2.06. The number of rotatable bonds is 5. The maximum absolute atomic E-state index is 11.3. The average Bonchev–Trinajstić information content (AvgIpc) is 2.28. The van der Waals surface area contributed by atoms with Crippen LogP contribution >= 0.6 is 11.6 Å². The smallest absolute Gasteiger partial charge is 0.258 e. The first kappa shape index (κ1) is 12.8. The summed E-state index contributed by atoms with van der Waals surface area (Å²) >= 11 is 5.70. The lowest BCUT2D eigenvalue weighted by Crippen LogP contribution is -2.38. The molecule has 0 fully saturated rings. The van der Waals surface area contributed by atoms with Gasteiger partial charge in [0, 0.05) is 11.1 Å². The van der Waals surface area contributed by atoms with E-state index in [9.17, 15) is 4.79 Å². The van der Waals surface area contributed by atoms with E-state index in [1.165, 1.54) is 0 Å². The van der Waals surface area contributed by atoms with Gasteiger partial charge in [-0.05, 0) is 31.2 Å². The zero-order chi connectivity index (χ0) is 12.0. The number of halogens is 1. The molecule has 88 valence electrons. The highest BCUT2D eigenvalue weighted by Crippen LogP contribution is 2.15. The first-order valence-electron chi connectivity index (χ1n) is 4.90. The second-order valence-corrected chi connectivity index (χ2v) is 3.83. The molecule has 0 bridgehead atoms. The summed E-state index contributed by atoms with van der Waals surface area (Å²) < 4.78 is 5.22. The quantitative estimate of drug-likeness (QED) is 0.818. The Hall–Kier alpha value is -1.26. The molecule has 0 spiro atoms. The minimum absolute atomic E-state index is 0.0774. The summed E-state index contributed by atoms with van der Waals surface area (Å²) in [6.45, 7) is 1.54. The van der Waals surface area contributed by atoms with Crippen LogP contribution in [-0.4, -0.2) is 30.3 Å². The first-order valence-corrected chi connectivity index (χ1v) is 5.28. The maximum atomic E-state index is 11.3. The molecule has 0 aliphatic carbocycles. The van der Waals surface area contributed by atoms with Crippen molar-refractivity contribution in [2.75, 3.05) is 13.2 Å². The number of nitrogens with one attached hydrogen (secondary N) is 1. The van der Waals surface area contributed by atoms with E-state index >= 15 is 0 Å². The fourth-order valence-corrected chi connectivity index (χ4v) is 1.17. The summed E-state index contributed by atoms with van der Waals surface area (Å²) in [5, 5.41) is 11.9. The van der Waals surface area contributed by atoms with E-state index in [-0.39, 0.29) is 25.2 Å². The van der Waals surface area contributed by atoms with Crippen molar-refractivity contribution >= 4 is 17.5 Å². The average molecular weight is 244 g/mol. The van der Waals surface area contributed by atoms with Crippen molar-refractivity contribution in [3.8, 4) is 5.75 Å². The molecule has 0 radical (unpaired) electrons. The van der Waals surface area contributed by atoms with Gasteiger partial charge in [-0.2, -0.15) is 0 Å². The minimum atomic E-state index is -0.267. The molecule has 1 aromatic carbocycles. The van der Waals surface area contributed by atoms with Crippen LogP contribution in [-0.2, 0) is 4.79 Å². The van der Waals surface area contributed by atoms with Gasteiger partial charge in [0.1, 0.15) is 5.75 Å². The molecule has 5 heteroatoms. The van der Waals surface area contributed by atoms with Crippen LogP contribution in [0.1, 0.15) is 6.92 Å². The monoisotopic (exact) mass is 243 g/mol. The Morgan fingerprint density at radius 1 is 1.50 bits per heavy atom. The van der Waals surface area contributed by atoms with Gasteiger partial charge in [0.2, 0.25) is 0 Å². The Bertz CT molecular complexity index is 340. The van der Waals surface area contributed by atoms with Crippen LogP contribution in [0.15, 0.2) is 24.3 Å². The van der Waals surface area contributed by atoms with E-state index in [2.05, 4.69) is 5.32 Å². The Balaban J connectivity index is 2.34. The van der Waals surface area contributed by atoms with Gasteiger partial charge in [0.05, 0.1) is 6.61 Å². The van der Waals surface area contributed by atoms with Crippen molar-refractivity contribution < 1.29 is 14.6 Å². The number of hydrogen-bond acceptors (Lipinski definition) is 3. The van der Waals surface area contributed by atoms with Gasteiger partial charge in [-0.1, -0.05) is 11.6 Å². The van der Waals surface area contributed by atoms with E-state index in [4.69, 9.17) is 21.4 Å². The molecule has 0 unspecified atom stereocenters. The molecule has 0 heterocycles. The SMILES string of the molecule is C[C@H](CO)NC(=O)COc1ccc(Cl)cc1. The molecule has 1 rings (SSSR count). The molecule has 16 heavy (non-hydrogen) atoms. The molecule has 0 aliphatic heterocycles. The molecule has 0 saturated heterocycles. The summed E-state index contributed by atoms with van der Waals surface area (Å²) in [5.41, 5.74) is 0. The highest BCUT2D eigenvalue weighted by molar-refractivity contribution is 6.30. The minimum Gasteiger partial charge on any atom is -0.484 e. The molecule has 0 saturated carbocycles. The Kier molecular flexibility index (Phi) is 5.08. The van der Waals surface area contributed by atoms with Gasteiger partial charge < -0.3 is 15.2 Å². The number of aliphatic hydroxyl groups is 1. The largest absolute Gasteiger partial charge is 0.484 e. The summed E-state index contributed by atoms with van der Waals surface area (Å²) in [5.74, 6) is 0.313. The maximum Gasteiger partial charge on any atom is 0.258 e. The Labute approximate surface area is 99.2 Å². The van der Waals surface area contributed by atoms with E-state index in [0.717, 1.165) is 0 Å². The van der Waals surface area contributed by atoms with Crippen molar-refractivity contribution in [2.45, 2.75) is 13.0 Å². The van der Waals surface area contributed by atoms with Crippen LogP contribution in [0, 0.1) is 0 Å². The van der Waals surface area contributed by atoms with E-state index in [1.807, 2.05) is 0 Å². The summed E-state index contributed by atoms with van der Waals surface area (Å²) in [7, 11) is 0. The second-order valence-electron chi connectivity index (χ2n) is 3.39. The van der Waals surface area contributed by atoms with Gasteiger partial charge in [-0.15, -0.1) is 0 Å². The predicted molar refractivity (Wildman–Crippen MR) is 61.6 cm³/mol. The summed E-state index contributed by atoms with van der Waals surface area (Å²) in [6.07, 6.45) is 0. The number of benzene rings is 1. The summed E-state index contributed by atoms with van der Waals surface area (Å²) in [4.78, 5) is 11.3. The molecule has 0 aromatic heterocycles. The number of carbonyl (C=O) groups excluding carboxylic acids is 1. The number of ether oxygens (including phenoxy) is 1. The standard InChI is InChI=1S/C11H14ClNO3/c1-8(6-14)13-11(15)7-16-10-4-2-9(12)3-5-10/h2-5,8,14H,6-7H2,1H3,(H,13,15)/t8-/m1/s1. The van der Waals surface area contributed by atoms with Gasteiger partial charge in [0.15, 0.2) is 6.61 Å². The molecular formula is C11H14ClNO3. The van der Waals surface area contributed by atoms with Crippen LogP contribution in [0.5, 0.6) is 5.75 Å². The molecule has 4 nitrogen and oxygen atoms in total. The summed E-state index contributed by atoms with van der Waals surface area (Å²) in [6, 6.07) is 6.48. The van der Waals surface area contributed by atoms with Crippen LogP contribution in [0.3, 0.4) is 0 Å². The van der Waals surface area contributed by atoms with Crippen molar-refractivity contribution in [3.05, 3.63) is 29.3 Å². The van der Waals surface area contributed by atoms with Gasteiger partial charge in [0.25, 0.3) is 5.91 Å². The van der Waals surface area contributed by atoms with Crippen molar-refractivity contribution in [2.24, 2.45) is 0 Å². The van der Waals surface area contributed by atoms with Gasteiger partial charge >= 0.3 is 0 Å². The molecule has 1 amide bonds. The topological polar surface area (TPSA) is 58.6 Å². The molecule has 2 N–H and O–H groups in total. The van der Waals surface area contributed by atoms with Crippen LogP contribution in [0.4, 0.5) is 0 Å². The fourth-order valence-electron chi connectivity index (χ4n) is 1.04. The fraction of sp³-hybridized carbons (Fsp3) is 0.364. The second kappa shape index (κ2) is 6.35. The van der Waals surface area contributed by atoms with Crippen LogP contribution in [0.25, 0.3) is 0 Å². The van der Waals surface area contributed by atoms with Gasteiger partial charge in [-0.3, -0.25) is 4.79 Å². The van der Waals surface area contributed by atoms with E-state index in [0.29, 0.717) is 10.8 Å². The van der Waals surface area contributed by atoms with Crippen LogP contribution < -0.4 is 10.1 Å². The third-order valence-electron chi connectivity index (χ3n) is 1.86. The van der Waals surface area contributed by atoms with Crippen molar-refractivity contribution in [3.63, 3.8) is 0 Å². The van der Waals surface area contributed by atoms with Gasteiger partial charge in [-0.25, -0.2) is 0 Å². The molecule has 1 atom stereocenters. The number of aliphatic hydroxyl groups excluding tert-OH is 1. The third-order valence-corrected chi connectivity index (χ3v) is 2.12. The normalized spacial score (nSPS) is 11.9. The highest BCUT2D eigenvalue weighted by atomic mass is 35.5. The Morgan fingerprint density at radius 2 is 2.12 bits per heavy atom. The lowest BCUT2D eigenvalue weighted by Gasteiger charge is -2.11. The lowest BCUT2D eigenvalue weighted by atomic mass is 10.3. The zero-order valence-corrected chi connectivity index (χ0v) is 9.70. The number of hydrogen-bond donors (Lipinski definition) is 2. The Morgan fingerprint density at radius 3 is 2.69 bits per heavy atom. The van der Waals surface area contributed by atoms with Crippen molar-refractivity contribution in [1.29, 1.82) is 0 Å². The third kappa shape index (κ3) is 4.51. The molecular weight excluding hydrogens is 230 g/mol. The van der Waals surface area contributed by atoms with E-state index < -0.39 is 0 Å². The van der Waals surface area contributed by atoms with Crippen molar-refractivity contribution in [1.82, 2.24) is 5.32 Å². The first-order chi connectivity index (χ1) is 7.61. The number of amides is 1. The molecule has 0 aliphatic rings. The van der Waals surface area contributed by atoms with E-state index in [1.54, 1.807) is 31.2 Å². The molecule has 1 aromatic rings.